The Kier molecular flexibility index (Phi) is 8.22. The van der Waals surface area contributed by atoms with Gasteiger partial charge in [-0.2, -0.15) is 0 Å². The Balaban J connectivity index is 1.03. The summed E-state index contributed by atoms with van der Waals surface area (Å²) in [5, 5.41) is 9.97. The molecule has 11 rings (SSSR count). The Morgan fingerprint density at radius 3 is 1.93 bits per heavy atom. The van der Waals surface area contributed by atoms with E-state index in [2.05, 4.69) is 199 Å². The first-order chi connectivity index (χ1) is 28.2. The van der Waals surface area contributed by atoms with Gasteiger partial charge in [0.2, 0.25) is 0 Å². The average Bonchev–Trinajstić information content (AvgIpc) is 3.67. The summed E-state index contributed by atoms with van der Waals surface area (Å²) in [6, 6.07) is 67.7. The molecule has 2 atom stereocenters. The van der Waals surface area contributed by atoms with Gasteiger partial charge in [0, 0.05) is 21.1 Å². The van der Waals surface area contributed by atoms with Crippen LogP contribution in [-0.4, -0.2) is 11.7 Å². The average molecular weight is 748 g/mol. The Hall–Kier alpha value is -6.88. The maximum absolute atomic E-state index is 5.53. The molecule has 9 aromatic rings. The highest BCUT2D eigenvalue weighted by atomic mass is 32.1. The van der Waals surface area contributed by atoms with Crippen LogP contribution in [0.2, 0.25) is 0 Å². The normalized spacial score (nSPS) is 16.5. The van der Waals surface area contributed by atoms with E-state index in [-0.39, 0.29) is 12.1 Å². The van der Waals surface area contributed by atoms with Gasteiger partial charge in [-0.1, -0.05) is 164 Å². The molecule has 1 aliphatic heterocycles. The molecule has 2 aliphatic rings. The molecule has 1 aliphatic carbocycles. The van der Waals surface area contributed by atoms with Crippen molar-refractivity contribution in [3.8, 4) is 22.3 Å². The topological polar surface area (TPSA) is 36.8 Å². The SMILES string of the molecule is C1=C(c2cccc(-c3ccccc3)c2)CC(C2=NC(c3ccc4ccccc4c3)NC(c3ccc(-c4ccc5ccccc5c4)cc3)=N2)c2c1sc1ccccc21. The van der Waals surface area contributed by atoms with Crippen LogP contribution < -0.4 is 5.32 Å². The molecule has 0 radical (unpaired) electrons. The van der Waals surface area contributed by atoms with Gasteiger partial charge in [-0.15, -0.1) is 11.3 Å². The minimum Gasteiger partial charge on any atom is -0.344 e. The van der Waals surface area contributed by atoms with Crippen LogP contribution in [0.4, 0.5) is 0 Å². The Labute approximate surface area is 336 Å². The van der Waals surface area contributed by atoms with Gasteiger partial charge in [-0.3, -0.25) is 0 Å². The van der Waals surface area contributed by atoms with Crippen LogP contribution in [0.5, 0.6) is 0 Å². The lowest BCUT2D eigenvalue weighted by Gasteiger charge is -2.30. The van der Waals surface area contributed by atoms with Crippen LogP contribution >= 0.6 is 11.3 Å². The van der Waals surface area contributed by atoms with Gasteiger partial charge in [0.15, 0.2) is 0 Å². The third kappa shape index (κ3) is 6.25. The molecule has 8 aromatic carbocycles. The molecule has 1 N–H and O–H groups in total. The zero-order valence-electron chi connectivity index (χ0n) is 31.1. The Bertz CT molecular complexity index is 3080. The number of fused-ring (bicyclic) bond motifs is 5. The number of benzene rings is 8. The molecular weight excluding hydrogens is 711 g/mol. The predicted molar refractivity (Wildman–Crippen MR) is 242 cm³/mol. The van der Waals surface area contributed by atoms with Crippen LogP contribution in [0.1, 0.15) is 45.6 Å². The number of hydrogen-bond donors (Lipinski definition) is 1. The number of amidine groups is 2. The van der Waals surface area contributed by atoms with Crippen molar-refractivity contribution in [2.24, 2.45) is 9.98 Å². The molecule has 2 heterocycles. The van der Waals surface area contributed by atoms with Crippen LogP contribution in [0.15, 0.2) is 198 Å². The molecule has 1 aromatic heterocycles. The van der Waals surface area contributed by atoms with E-state index in [0.717, 1.165) is 29.2 Å². The lowest BCUT2D eigenvalue weighted by atomic mass is 9.81. The molecule has 0 saturated heterocycles. The summed E-state index contributed by atoms with van der Waals surface area (Å²) in [5.74, 6) is 1.66. The predicted octanol–water partition coefficient (Wildman–Crippen LogP) is 13.7. The fourth-order valence-corrected chi connectivity index (χ4v) is 9.79. The number of rotatable bonds is 6. The third-order valence-corrected chi connectivity index (χ3v) is 12.6. The summed E-state index contributed by atoms with van der Waals surface area (Å²) >= 11 is 1.87. The summed E-state index contributed by atoms with van der Waals surface area (Å²) in [4.78, 5) is 12.3. The van der Waals surface area contributed by atoms with E-state index < -0.39 is 0 Å². The number of aliphatic imine (C=N–C) groups is 2. The molecule has 3 nitrogen and oxygen atoms in total. The number of allylic oxidation sites excluding steroid dienone is 1. The van der Waals surface area contributed by atoms with Gasteiger partial charge < -0.3 is 5.32 Å². The molecule has 0 fully saturated rings. The third-order valence-electron chi connectivity index (χ3n) is 11.5. The first-order valence-electron chi connectivity index (χ1n) is 19.6. The zero-order valence-corrected chi connectivity index (χ0v) is 32.0. The summed E-state index contributed by atoms with van der Waals surface area (Å²) < 4.78 is 1.29. The fourth-order valence-electron chi connectivity index (χ4n) is 8.55. The number of nitrogens with one attached hydrogen (secondary N) is 1. The van der Waals surface area contributed by atoms with Crippen LogP contribution in [0.25, 0.3) is 65.5 Å². The molecule has 270 valence electrons. The van der Waals surface area contributed by atoms with Crippen LogP contribution in [0, 0.1) is 0 Å². The summed E-state index contributed by atoms with van der Waals surface area (Å²) in [6.07, 6.45) is 2.91. The van der Waals surface area contributed by atoms with Gasteiger partial charge in [0.25, 0.3) is 0 Å². The van der Waals surface area contributed by atoms with Crippen molar-refractivity contribution in [2.75, 3.05) is 0 Å². The van der Waals surface area contributed by atoms with Gasteiger partial charge in [0.1, 0.15) is 17.8 Å². The molecule has 0 amide bonds. The van der Waals surface area contributed by atoms with E-state index in [4.69, 9.17) is 9.98 Å². The van der Waals surface area contributed by atoms with E-state index >= 15 is 0 Å². The molecular formula is C53H37N3S. The first kappa shape index (κ1) is 33.5. The number of nitrogens with zero attached hydrogens (tertiary/aromatic N) is 2. The minimum absolute atomic E-state index is 0.0338. The highest BCUT2D eigenvalue weighted by Crippen LogP contribution is 2.47. The van der Waals surface area contributed by atoms with Crippen molar-refractivity contribution in [3.05, 3.63) is 215 Å². The molecule has 0 saturated carbocycles. The van der Waals surface area contributed by atoms with Crippen molar-refractivity contribution in [1.29, 1.82) is 0 Å². The van der Waals surface area contributed by atoms with Crippen molar-refractivity contribution in [3.63, 3.8) is 0 Å². The lowest BCUT2D eigenvalue weighted by molar-refractivity contribution is 0.664. The number of hydrogen-bond acceptors (Lipinski definition) is 4. The largest absolute Gasteiger partial charge is 0.344 e. The first-order valence-corrected chi connectivity index (χ1v) is 20.4. The lowest BCUT2D eigenvalue weighted by Crippen LogP contribution is -2.35. The van der Waals surface area contributed by atoms with Crippen LogP contribution in [0.3, 0.4) is 0 Å². The van der Waals surface area contributed by atoms with Crippen molar-refractivity contribution < 1.29 is 0 Å². The van der Waals surface area contributed by atoms with Crippen LogP contribution in [-0.2, 0) is 0 Å². The van der Waals surface area contributed by atoms with Gasteiger partial charge in [0.05, 0.1) is 0 Å². The quantitative estimate of drug-likeness (QED) is 0.181. The van der Waals surface area contributed by atoms with Gasteiger partial charge in [-0.25, -0.2) is 9.98 Å². The van der Waals surface area contributed by atoms with E-state index in [0.29, 0.717) is 0 Å². The molecule has 0 spiro atoms. The van der Waals surface area contributed by atoms with E-state index in [1.165, 1.54) is 75.5 Å². The van der Waals surface area contributed by atoms with Crippen molar-refractivity contribution in [2.45, 2.75) is 18.5 Å². The highest BCUT2D eigenvalue weighted by Gasteiger charge is 2.33. The monoisotopic (exact) mass is 747 g/mol. The summed E-state index contributed by atoms with van der Waals surface area (Å²) in [7, 11) is 0. The van der Waals surface area contributed by atoms with Gasteiger partial charge in [-0.05, 0) is 108 Å². The second-order valence-electron chi connectivity index (χ2n) is 15.0. The fraction of sp³-hybridized carbons (Fsp3) is 0.0566. The molecule has 2 unspecified atom stereocenters. The summed E-state index contributed by atoms with van der Waals surface area (Å²) in [5.41, 5.74) is 10.8. The van der Waals surface area contributed by atoms with Crippen molar-refractivity contribution >= 4 is 66.3 Å². The second-order valence-corrected chi connectivity index (χ2v) is 16.1. The molecule has 4 heteroatoms. The standard InChI is InChI=1S/C53H37N3S/c1-2-11-34(12-3-1)41-17-10-18-42(29-41)45-32-47(50-46-19-8-9-20-48(46)57-49(50)33-45)53-55-51(54-52(56-53)44-28-24-36-14-5-7-16-40(36)31-44)38-25-21-37(22-26-38)43-27-23-35-13-4-6-15-39(35)30-43/h1-31,33,47,52H,32H2,(H,54,55,56). The smallest absolute Gasteiger partial charge is 0.147 e. The summed E-state index contributed by atoms with van der Waals surface area (Å²) in [6.45, 7) is 0. The maximum atomic E-state index is 5.53. The van der Waals surface area contributed by atoms with E-state index in [1.807, 2.05) is 11.3 Å². The van der Waals surface area contributed by atoms with E-state index in [9.17, 15) is 0 Å². The maximum Gasteiger partial charge on any atom is 0.147 e. The Morgan fingerprint density at radius 1 is 0.491 bits per heavy atom. The molecule has 0 bridgehead atoms. The second kappa shape index (κ2) is 14.0. The highest BCUT2D eigenvalue weighted by molar-refractivity contribution is 7.20. The van der Waals surface area contributed by atoms with E-state index in [1.54, 1.807) is 0 Å². The zero-order chi connectivity index (χ0) is 37.7. The number of thiophene rings is 1. The van der Waals surface area contributed by atoms with Gasteiger partial charge >= 0.3 is 0 Å². The molecule has 57 heavy (non-hydrogen) atoms. The Morgan fingerprint density at radius 2 is 1.11 bits per heavy atom. The van der Waals surface area contributed by atoms with Crippen molar-refractivity contribution in [1.82, 2.24) is 5.32 Å². The minimum atomic E-state index is -0.304.